The van der Waals surface area contributed by atoms with Gasteiger partial charge < -0.3 is 0 Å². The van der Waals surface area contributed by atoms with Crippen LogP contribution in [-0.2, 0) is 6.42 Å². The van der Waals surface area contributed by atoms with Gasteiger partial charge in [-0.1, -0.05) is 24.3 Å². The van der Waals surface area contributed by atoms with Crippen molar-refractivity contribution in [3.8, 4) is 0 Å². The third-order valence-corrected chi connectivity index (χ3v) is 2.28. The van der Waals surface area contributed by atoms with E-state index in [2.05, 4.69) is 31.3 Å². The highest BCUT2D eigenvalue weighted by Crippen LogP contribution is 2.15. The zero-order valence-corrected chi connectivity index (χ0v) is 8.06. The molecule has 0 saturated heterocycles. The average molecular weight is 178 g/mol. The standard InChI is InChI=1S/C11H14S/c1-2-3-4-7-10-8-5-6-9-11(10)12/h2,5-6,8-9,12H,1,3-4,7H2. The van der Waals surface area contributed by atoms with Crippen molar-refractivity contribution < 1.29 is 0 Å². The minimum absolute atomic E-state index is 1.09. The van der Waals surface area contributed by atoms with Crippen molar-refractivity contribution in [1.82, 2.24) is 0 Å². The molecule has 0 heterocycles. The molecule has 0 aliphatic carbocycles. The van der Waals surface area contributed by atoms with E-state index in [9.17, 15) is 0 Å². The van der Waals surface area contributed by atoms with E-state index in [1.807, 2.05) is 18.2 Å². The maximum Gasteiger partial charge on any atom is 0.00720 e. The summed E-state index contributed by atoms with van der Waals surface area (Å²) in [5, 5.41) is 0. The normalized spacial score (nSPS) is 9.75. The summed E-state index contributed by atoms with van der Waals surface area (Å²) in [6.45, 7) is 3.70. The molecular formula is C11H14S. The van der Waals surface area contributed by atoms with Crippen LogP contribution in [0.5, 0.6) is 0 Å². The van der Waals surface area contributed by atoms with Gasteiger partial charge in [-0.25, -0.2) is 0 Å². The molecule has 0 aliphatic rings. The van der Waals surface area contributed by atoms with E-state index < -0.39 is 0 Å². The fourth-order valence-corrected chi connectivity index (χ4v) is 1.43. The Morgan fingerprint density at radius 3 is 2.75 bits per heavy atom. The zero-order valence-electron chi connectivity index (χ0n) is 7.16. The van der Waals surface area contributed by atoms with E-state index in [4.69, 9.17) is 0 Å². The third kappa shape index (κ3) is 2.74. The second-order valence-electron chi connectivity index (χ2n) is 2.81. The Balaban J connectivity index is 2.51. The molecule has 1 aromatic rings. The van der Waals surface area contributed by atoms with Gasteiger partial charge in [0.2, 0.25) is 0 Å². The maximum absolute atomic E-state index is 4.37. The lowest BCUT2D eigenvalue weighted by Crippen LogP contribution is -1.85. The number of thiol groups is 1. The number of allylic oxidation sites excluding steroid dienone is 1. The fraction of sp³-hybridized carbons (Fsp3) is 0.273. The van der Waals surface area contributed by atoms with Crippen molar-refractivity contribution >= 4 is 12.6 Å². The number of rotatable bonds is 4. The first-order valence-corrected chi connectivity index (χ1v) is 4.67. The molecule has 0 nitrogen and oxygen atoms in total. The van der Waals surface area contributed by atoms with Gasteiger partial charge in [-0.3, -0.25) is 0 Å². The van der Waals surface area contributed by atoms with E-state index in [0.29, 0.717) is 0 Å². The van der Waals surface area contributed by atoms with Gasteiger partial charge in [0.25, 0.3) is 0 Å². The summed E-state index contributed by atoms with van der Waals surface area (Å²) >= 11 is 4.37. The Morgan fingerprint density at radius 1 is 1.33 bits per heavy atom. The fourth-order valence-electron chi connectivity index (χ4n) is 1.16. The third-order valence-electron chi connectivity index (χ3n) is 1.85. The molecule has 0 bridgehead atoms. The van der Waals surface area contributed by atoms with Gasteiger partial charge >= 0.3 is 0 Å². The van der Waals surface area contributed by atoms with Crippen LogP contribution in [0.4, 0.5) is 0 Å². The molecule has 1 aromatic carbocycles. The van der Waals surface area contributed by atoms with Crippen LogP contribution >= 0.6 is 12.6 Å². The molecule has 1 rings (SSSR count). The van der Waals surface area contributed by atoms with E-state index in [0.717, 1.165) is 17.7 Å². The first-order valence-electron chi connectivity index (χ1n) is 4.22. The Kier molecular flexibility index (Phi) is 3.95. The van der Waals surface area contributed by atoms with Gasteiger partial charge in [-0.05, 0) is 30.9 Å². The zero-order chi connectivity index (χ0) is 8.81. The first kappa shape index (κ1) is 9.40. The quantitative estimate of drug-likeness (QED) is 0.407. The molecule has 0 saturated carbocycles. The predicted molar refractivity (Wildman–Crippen MR) is 56.8 cm³/mol. The number of hydrogen-bond acceptors (Lipinski definition) is 1. The lowest BCUT2D eigenvalue weighted by molar-refractivity contribution is 0.831. The van der Waals surface area contributed by atoms with Crippen LogP contribution in [0.15, 0.2) is 41.8 Å². The Hall–Kier alpha value is -0.690. The molecule has 64 valence electrons. The second-order valence-corrected chi connectivity index (χ2v) is 3.29. The monoisotopic (exact) mass is 178 g/mol. The molecule has 0 unspecified atom stereocenters. The van der Waals surface area contributed by atoms with Crippen LogP contribution in [0.3, 0.4) is 0 Å². The van der Waals surface area contributed by atoms with E-state index >= 15 is 0 Å². The summed E-state index contributed by atoms with van der Waals surface area (Å²) in [6.07, 6.45) is 5.32. The van der Waals surface area contributed by atoms with Gasteiger partial charge in [0, 0.05) is 4.90 Å². The lowest BCUT2D eigenvalue weighted by Gasteiger charge is -2.02. The smallest absolute Gasteiger partial charge is 0.00720 e. The highest BCUT2D eigenvalue weighted by atomic mass is 32.1. The maximum atomic E-state index is 4.37. The molecule has 0 radical (unpaired) electrons. The van der Waals surface area contributed by atoms with Gasteiger partial charge in [-0.2, -0.15) is 0 Å². The van der Waals surface area contributed by atoms with Crippen molar-refractivity contribution in [3.05, 3.63) is 42.5 Å². The molecule has 0 spiro atoms. The molecule has 0 aliphatic heterocycles. The number of benzene rings is 1. The first-order chi connectivity index (χ1) is 5.84. The van der Waals surface area contributed by atoms with Crippen molar-refractivity contribution in [3.63, 3.8) is 0 Å². The summed E-state index contributed by atoms with van der Waals surface area (Å²) in [4.78, 5) is 1.10. The van der Waals surface area contributed by atoms with E-state index in [-0.39, 0.29) is 0 Å². The molecule has 0 N–H and O–H groups in total. The summed E-state index contributed by atoms with van der Waals surface area (Å²) < 4.78 is 0. The van der Waals surface area contributed by atoms with Gasteiger partial charge in [0.15, 0.2) is 0 Å². The minimum atomic E-state index is 1.09. The van der Waals surface area contributed by atoms with Crippen LogP contribution in [0.2, 0.25) is 0 Å². The highest BCUT2D eigenvalue weighted by Gasteiger charge is 1.95. The summed E-state index contributed by atoms with van der Waals surface area (Å²) in [6, 6.07) is 8.24. The van der Waals surface area contributed by atoms with E-state index in [1.54, 1.807) is 0 Å². The number of hydrogen-bond donors (Lipinski definition) is 1. The Morgan fingerprint density at radius 2 is 2.08 bits per heavy atom. The van der Waals surface area contributed by atoms with Crippen molar-refractivity contribution in [2.75, 3.05) is 0 Å². The predicted octanol–water partition coefficient (Wildman–Crippen LogP) is 3.48. The molecule has 0 fully saturated rings. The number of unbranched alkanes of at least 4 members (excludes halogenated alkanes) is 1. The van der Waals surface area contributed by atoms with Crippen LogP contribution in [0, 0.1) is 0 Å². The molecule has 1 heteroatoms. The lowest BCUT2D eigenvalue weighted by atomic mass is 10.1. The summed E-state index contributed by atoms with van der Waals surface area (Å²) in [7, 11) is 0. The SMILES string of the molecule is C=CCCCc1ccccc1S. The topological polar surface area (TPSA) is 0 Å². The van der Waals surface area contributed by atoms with Gasteiger partial charge in [0.05, 0.1) is 0 Å². The molecule has 12 heavy (non-hydrogen) atoms. The second kappa shape index (κ2) is 5.04. The van der Waals surface area contributed by atoms with Crippen LogP contribution in [-0.4, -0.2) is 0 Å². The van der Waals surface area contributed by atoms with Crippen molar-refractivity contribution in [2.45, 2.75) is 24.2 Å². The Labute approximate surface area is 79.7 Å². The highest BCUT2D eigenvalue weighted by molar-refractivity contribution is 7.80. The van der Waals surface area contributed by atoms with Crippen LogP contribution < -0.4 is 0 Å². The number of aryl methyl sites for hydroxylation is 1. The van der Waals surface area contributed by atoms with Gasteiger partial charge in [0.1, 0.15) is 0 Å². The summed E-state index contributed by atoms with van der Waals surface area (Å²) in [5.41, 5.74) is 1.34. The summed E-state index contributed by atoms with van der Waals surface area (Å²) in [5.74, 6) is 0. The molecule has 0 amide bonds. The largest absolute Gasteiger partial charge is 0.143 e. The molecule has 0 aromatic heterocycles. The van der Waals surface area contributed by atoms with Crippen LogP contribution in [0.1, 0.15) is 18.4 Å². The minimum Gasteiger partial charge on any atom is -0.143 e. The Bertz CT molecular complexity index is 253. The van der Waals surface area contributed by atoms with Crippen molar-refractivity contribution in [1.29, 1.82) is 0 Å². The molecular weight excluding hydrogens is 164 g/mol. The van der Waals surface area contributed by atoms with E-state index in [1.165, 1.54) is 12.0 Å². The van der Waals surface area contributed by atoms with Gasteiger partial charge in [-0.15, -0.1) is 19.2 Å². The van der Waals surface area contributed by atoms with Crippen LogP contribution in [0.25, 0.3) is 0 Å². The average Bonchev–Trinajstić information content (AvgIpc) is 2.09. The molecule has 0 atom stereocenters. The van der Waals surface area contributed by atoms with Crippen molar-refractivity contribution in [2.24, 2.45) is 0 Å².